The molecule has 0 rings (SSSR count). The molecule has 0 aliphatic rings. The SMILES string of the molecule is CCCCCCCCCCCC(Br)CCCCC(C)C(=O)O. The predicted octanol–water partition coefficient (Wildman–Crippen LogP) is 6.95. The van der Waals surface area contributed by atoms with Crippen LogP contribution in [0.1, 0.15) is 104 Å². The van der Waals surface area contributed by atoms with Gasteiger partial charge in [-0.15, -0.1) is 0 Å². The van der Waals surface area contributed by atoms with Crippen LogP contribution in [0.5, 0.6) is 0 Å². The van der Waals surface area contributed by atoms with Crippen molar-refractivity contribution in [3.8, 4) is 0 Å². The Bertz CT molecular complexity index is 256. The standard InChI is InChI=1S/C19H37BrO2/c1-3-4-5-6-7-8-9-10-11-15-18(20)16-13-12-14-17(2)19(21)22/h17-18H,3-16H2,1-2H3,(H,21,22). The lowest BCUT2D eigenvalue weighted by Crippen LogP contribution is -2.09. The number of carbonyl (C=O) groups is 1. The maximum absolute atomic E-state index is 10.7. The van der Waals surface area contributed by atoms with Crippen molar-refractivity contribution in [2.75, 3.05) is 0 Å². The fraction of sp³-hybridized carbons (Fsp3) is 0.947. The van der Waals surface area contributed by atoms with Gasteiger partial charge in [-0.3, -0.25) is 4.79 Å². The number of alkyl halides is 1. The molecular weight excluding hydrogens is 340 g/mol. The van der Waals surface area contributed by atoms with Gasteiger partial charge in [0, 0.05) is 4.83 Å². The highest BCUT2D eigenvalue weighted by Gasteiger charge is 2.10. The molecule has 3 heteroatoms. The Morgan fingerprint density at radius 3 is 1.73 bits per heavy atom. The highest BCUT2D eigenvalue weighted by molar-refractivity contribution is 9.09. The molecule has 0 spiro atoms. The van der Waals surface area contributed by atoms with Gasteiger partial charge in [-0.1, -0.05) is 100 Å². The highest BCUT2D eigenvalue weighted by atomic mass is 79.9. The van der Waals surface area contributed by atoms with Gasteiger partial charge in [0.25, 0.3) is 0 Å². The van der Waals surface area contributed by atoms with Gasteiger partial charge in [-0.05, 0) is 19.3 Å². The third-order valence-corrected chi connectivity index (χ3v) is 5.36. The zero-order valence-electron chi connectivity index (χ0n) is 14.8. The average Bonchev–Trinajstić information content (AvgIpc) is 2.49. The minimum atomic E-state index is -0.662. The van der Waals surface area contributed by atoms with Crippen molar-refractivity contribution < 1.29 is 9.90 Å². The molecule has 2 unspecified atom stereocenters. The van der Waals surface area contributed by atoms with Crippen molar-refractivity contribution in [2.24, 2.45) is 5.92 Å². The first kappa shape index (κ1) is 21.9. The fourth-order valence-electron chi connectivity index (χ4n) is 2.76. The van der Waals surface area contributed by atoms with E-state index in [1.165, 1.54) is 70.6 Å². The quantitative estimate of drug-likeness (QED) is 0.233. The van der Waals surface area contributed by atoms with E-state index in [1.54, 1.807) is 6.92 Å². The molecule has 0 aromatic rings. The minimum Gasteiger partial charge on any atom is -0.481 e. The molecule has 0 aromatic carbocycles. The molecule has 1 N–H and O–H groups in total. The normalized spacial score (nSPS) is 14.0. The zero-order valence-corrected chi connectivity index (χ0v) is 16.4. The summed E-state index contributed by atoms with van der Waals surface area (Å²) in [6, 6.07) is 0. The van der Waals surface area contributed by atoms with E-state index in [-0.39, 0.29) is 5.92 Å². The summed E-state index contributed by atoms with van der Waals surface area (Å²) in [5.41, 5.74) is 0. The van der Waals surface area contributed by atoms with Crippen LogP contribution in [0, 0.1) is 5.92 Å². The Morgan fingerprint density at radius 2 is 1.23 bits per heavy atom. The van der Waals surface area contributed by atoms with Gasteiger partial charge in [0.15, 0.2) is 0 Å². The van der Waals surface area contributed by atoms with Gasteiger partial charge in [0.2, 0.25) is 0 Å². The maximum Gasteiger partial charge on any atom is 0.306 e. The first-order chi connectivity index (χ1) is 10.6. The summed E-state index contributed by atoms with van der Waals surface area (Å²) < 4.78 is 0. The third-order valence-electron chi connectivity index (χ3n) is 4.45. The second-order valence-corrected chi connectivity index (χ2v) is 8.03. The van der Waals surface area contributed by atoms with Crippen molar-refractivity contribution in [2.45, 2.75) is 109 Å². The monoisotopic (exact) mass is 376 g/mol. The molecule has 0 aliphatic heterocycles. The summed E-state index contributed by atoms with van der Waals surface area (Å²) in [7, 11) is 0. The van der Waals surface area contributed by atoms with Crippen LogP contribution in [0.25, 0.3) is 0 Å². The van der Waals surface area contributed by atoms with Crippen LogP contribution < -0.4 is 0 Å². The molecule has 2 atom stereocenters. The molecule has 132 valence electrons. The molecule has 0 aromatic heterocycles. The van der Waals surface area contributed by atoms with E-state index in [1.807, 2.05) is 0 Å². The van der Waals surface area contributed by atoms with Crippen molar-refractivity contribution in [3.05, 3.63) is 0 Å². The van der Waals surface area contributed by atoms with Gasteiger partial charge >= 0.3 is 5.97 Å². The molecule has 0 bridgehead atoms. The summed E-state index contributed by atoms with van der Waals surface area (Å²) in [4.78, 5) is 11.3. The summed E-state index contributed by atoms with van der Waals surface area (Å²) >= 11 is 3.77. The van der Waals surface area contributed by atoms with E-state index in [0.29, 0.717) is 4.83 Å². The van der Waals surface area contributed by atoms with Crippen LogP contribution in [0.2, 0.25) is 0 Å². The van der Waals surface area contributed by atoms with Crippen LogP contribution in [-0.2, 0) is 4.79 Å². The van der Waals surface area contributed by atoms with Gasteiger partial charge < -0.3 is 5.11 Å². The summed E-state index contributed by atoms with van der Waals surface area (Å²) in [5.74, 6) is -0.851. The number of unbranched alkanes of at least 4 members (excludes halogenated alkanes) is 9. The first-order valence-corrected chi connectivity index (χ1v) is 10.4. The van der Waals surface area contributed by atoms with Crippen molar-refractivity contribution in [1.29, 1.82) is 0 Å². The predicted molar refractivity (Wildman–Crippen MR) is 99.8 cm³/mol. The molecule has 0 radical (unpaired) electrons. The van der Waals surface area contributed by atoms with E-state index in [2.05, 4.69) is 22.9 Å². The van der Waals surface area contributed by atoms with Crippen LogP contribution in [0.3, 0.4) is 0 Å². The lowest BCUT2D eigenvalue weighted by Gasteiger charge is -2.10. The van der Waals surface area contributed by atoms with Gasteiger partial charge in [-0.2, -0.15) is 0 Å². The molecular formula is C19H37BrO2. The molecule has 0 fully saturated rings. The molecule has 0 saturated heterocycles. The Hall–Kier alpha value is -0.0500. The Labute approximate surface area is 146 Å². The van der Waals surface area contributed by atoms with Crippen LogP contribution >= 0.6 is 15.9 Å². The van der Waals surface area contributed by atoms with Crippen LogP contribution in [0.15, 0.2) is 0 Å². The lowest BCUT2D eigenvalue weighted by molar-refractivity contribution is -0.141. The summed E-state index contributed by atoms with van der Waals surface area (Å²) in [6.07, 6.45) is 17.9. The largest absolute Gasteiger partial charge is 0.481 e. The van der Waals surface area contributed by atoms with Crippen molar-refractivity contribution >= 4 is 21.9 Å². The number of aliphatic carboxylic acids is 1. The number of hydrogen-bond acceptors (Lipinski definition) is 1. The number of halogens is 1. The van der Waals surface area contributed by atoms with E-state index in [0.717, 1.165) is 19.3 Å². The molecule has 2 nitrogen and oxygen atoms in total. The number of rotatable bonds is 16. The number of carboxylic acid groups (broad SMARTS) is 1. The second-order valence-electron chi connectivity index (χ2n) is 6.74. The number of carboxylic acids is 1. The Morgan fingerprint density at radius 1 is 0.818 bits per heavy atom. The summed E-state index contributed by atoms with van der Waals surface area (Å²) in [5, 5.41) is 8.83. The van der Waals surface area contributed by atoms with E-state index >= 15 is 0 Å². The summed E-state index contributed by atoms with van der Waals surface area (Å²) in [6.45, 7) is 4.07. The van der Waals surface area contributed by atoms with Crippen LogP contribution in [-0.4, -0.2) is 15.9 Å². The first-order valence-electron chi connectivity index (χ1n) is 9.44. The molecule has 0 amide bonds. The third kappa shape index (κ3) is 14.9. The lowest BCUT2D eigenvalue weighted by atomic mass is 10.0. The van der Waals surface area contributed by atoms with Crippen LogP contribution in [0.4, 0.5) is 0 Å². The molecule has 0 aliphatic carbocycles. The maximum atomic E-state index is 10.7. The highest BCUT2D eigenvalue weighted by Crippen LogP contribution is 2.20. The smallest absolute Gasteiger partial charge is 0.306 e. The molecule has 22 heavy (non-hydrogen) atoms. The van der Waals surface area contributed by atoms with E-state index in [9.17, 15) is 4.79 Å². The van der Waals surface area contributed by atoms with Gasteiger partial charge in [-0.25, -0.2) is 0 Å². The fourth-order valence-corrected chi connectivity index (χ4v) is 3.41. The van der Waals surface area contributed by atoms with Crippen molar-refractivity contribution in [1.82, 2.24) is 0 Å². The Balaban J connectivity index is 3.25. The molecule has 0 heterocycles. The average molecular weight is 377 g/mol. The zero-order chi connectivity index (χ0) is 16.6. The number of hydrogen-bond donors (Lipinski definition) is 1. The van der Waals surface area contributed by atoms with Gasteiger partial charge in [0.1, 0.15) is 0 Å². The van der Waals surface area contributed by atoms with E-state index in [4.69, 9.17) is 5.11 Å². The topological polar surface area (TPSA) is 37.3 Å². The van der Waals surface area contributed by atoms with E-state index < -0.39 is 5.97 Å². The Kier molecular flexibility index (Phi) is 15.8. The second kappa shape index (κ2) is 15.8. The minimum absolute atomic E-state index is 0.189. The van der Waals surface area contributed by atoms with Crippen molar-refractivity contribution in [3.63, 3.8) is 0 Å². The molecule has 0 saturated carbocycles. The van der Waals surface area contributed by atoms with Gasteiger partial charge in [0.05, 0.1) is 5.92 Å².